The molecule has 0 aliphatic carbocycles. The van der Waals surface area contributed by atoms with Crippen LogP contribution >= 0.6 is 11.6 Å². The van der Waals surface area contributed by atoms with Gasteiger partial charge < -0.3 is 5.32 Å². The largest absolute Gasteiger partial charge is 0.324 e. The zero-order valence-electron chi connectivity index (χ0n) is 19.6. The highest BCUT2D eigenvalue weighted by Gasteiger charge is 2.30. The maximum Gasteiger partial charge on any atom is 0.261 e. The summed E-state index contributed by atoms with van der Waals surface area (Å²) in [6.07, 6.45) is 1.05. The molecule has 0 aliphatic heterocycles. The molecule has 0 heterocycles. The quantitative estimate of drug-likeness (QED) is 0.439. The summed E-state index contributed by atoms with van der Waals surface area (Å²) in [6.45, 7) is 5.10. The Balaban J connectivity index is 1.79. The zero-order chi connectivity index (χ0) is 26.0. The number of hydrogen-bond acceptors (Lipinski definition) is 5. The van der Waals surface area contributed by atoms with Crippen molar-refractivity contribution >= 4 is 54.6 Å². The predicted octanol–water partition coefficient (Wildman–Crippen LogP) is 4.55. The highest BCUT2D eigenvalue weighted by molar-refractivity contribution is 7.92. The summed E-state index contributed by atoms with van der Waals surface area (Å²) in [5.74, 6) is -0.566. The number of carbonyl (C=O) groups excluding carboxylic acids is 1. The van der Waals surface area contributed by atoms with Crippen molar-refractivity contribution in [1.82, 2.24) is 0 Å². The molecule has 3 aromatic carbocycles. The number of nitrogens with one attached hydrogen (secondary N) is 2. The Labute approximate surface area is 211 Å². The molecule has 0 aliphatic rings. The molecule has 8 nitrogen and oxygen atoms in total. The lowest BCUT2D eigenvalue weighted by molar-refractivity contribution is -0.116. The van der Waals surface area contributed by atoms with Crippen LogP contribution in [0.25, 0.3) is 0 Å². The first-order chi connectivity index (χ1) is 16.3. The highest BCUT2D eigenvalue weighted by atomic mass is 35.5. The molecule has 0 radical (unpaired) electrons. The van der Waals surface area contributed by atoms with Crippen LogP contribution in [0, 0.1) is 13.8 Å². The van der Waals surface area contributed by atoms with Crippen molar-refractivity contribution in [1.29, 1.82) is 0 Å². The lowest BCUT2D eigenvalue weighted by Crippen LogP contribution is -2.45. The van der Waals surface area contributed by atoms with Gasteiger partial charge in [0.2, 0.25) is 15.9 Å². The molecule has 1 atom stereocenters. The Kier molecular flexibility index (Phi) is 7.78. The number of nitrogens with zero attached hydrogens (tertiary/aromatic N) is 1. The van der Waals surface area contributed by atoms with E-state index in [1.54, 1.807) is 37.3 Å². The second-order valence-electron chi connectivity index (χ2n) is 8.15. The van der Waals surface area contributed by atoms with Crippen LogP contribution in [0.1, 0.15) is 18.1 Å². The van der Waals surface area contributed by atoms with E-state index < -0.39 is 32.0 Å². The van der Waals surface area contributed by atoms with Crippen LogP contribution in [0.5, 0.6) is 0 Å². The zero-order valence-corrected chi connectivity index (χ0v) is 22.0. The number of amides is 1. The second kappa shape index (κ2) is 10.3. The van der Waals surface area contributed by atoms with E-state index in [1.807, 2.05) is 13.0 Å². The Bertz CT molecular complexity index is 1460. The first kappa shape index (κ1) is 26.5. The Morgan fingerprint density at radius 1 is 0.914 bits per heavy atom. The third-order valence-corrected chi connectivity index (χ3v) is 8.06. The minimum atomic E-state index is -3.88. The van der Waals surface area contributed by atoms with E-state index in [0.29, 0.717) is 27.6 Å². The van der Waals surface area contributed by atoms with Crippen LogP contribution in [-0.2, 0) is 24.8 Å². The van der Waals surface area contributed by atoms with Crippen molar-refractivity contribution in [3.8, 4) is 0 Å². The van der Waals surface area contributed by atoms with Crippen molar-refractivity contribution in [3.63, 3.8) is 0 Å². The lowest BCUT2D eigenvalue weighted by atomic mass is 10.1. The molecule has 1 amide bonds. The number of rotatable bonds is 8. The summed E-state index contributed by atoms with van der Waals surface area (Å²) in [7, 11) is -7.66. The van der Waals surface area contributed by atoms with Gasteiger partial charge in [-0.1, -0.05) is 29.8 Å². The van der Waals surface area contributed by atoms with Crippen molar-refractivity contribution in [2.45, 2.75) is 31.7 Å². The average molecular weight is 536 g/mol. The van der Waals surface area contributed by atoms with Crippen molar-refractivity contribution in [2.24, 2.45) is 0 Å². The number of halogens is 1. The van der Waals surface area contributed by atoms with Gasteiger partial charge in [-0.05, 0) is 80.4 Å². The van der Waals surface area contributed by atoms with Gasteiger partial charge >= 0.3 is 0 Å². The van der Waals surface area contributed by atoms with E-state index in [9.17, 15) is 21.6 Å². The molecule has 3 aromatic rings. The third-order valence-electron chi connectivity index (χ3n) is 5.20. The fourth-order valence-corrected chi connectivity index (χ4v) is 5.93. The fraction of sp³-hybridized carbons (Fsp3) is 0.208. The van der Waals surface area contributed by atoms with Crippen LogP contribution in [0.15, 0.2) is 71.6 Å². The van der Waals surface area contributed by atoms with Gasteiger partial charge in [-0.2, -0.15) is 0 Å². The van der Waals surface area contributed by atoms with Gasteiger partial charge in [0.1, 0.15) is 6.04 Å². The third kappa shape index (κ3) is 6.53. The van der Waals surface area contributed by atoms with E-state index in [-0.39, 0.29) is 4.90 Å². The number of anilines is 3. The van der Waals surface area contributed by atoms with Gasteiger partial charge in [-0.25, -0.2) is 16.8 Å². The van der Waals surface area contributed by atoms with Crippen molar-refractivity contribution in [2.75, 3.05) is 20.6 Å². The topological polar surface area (TPSA) is 113 Å². The molecule has 0 fully saturated rings. The van der Waals surface area contributed by atoms with Gasteiger partial charge in [-0.15, -0.1) is 0 Å². The number of benzene rings is 3. The summed E-state index contributed by atoms with van der Waals surface area (Å²) < 4.78 is 54.0. The maximum atomic E-state index is 13.0. The molecule has 0 spiro atoms. The van der Waals surface area contributed by atoms with Crippen LogP contribution in [0.4, 0.5) is 17.1 Å². The van der Waals surface area contributed by atoms with E-state index in [2.05, 4.69) is 10.0 Å². The lowest BCUT2D eigenvalue weighted by Gasteiger charge is -2.29. The Morgan fingerprint density at radius 3 is 2.17 bits per heavy atom. The normalized spacial score (nSPS) is 12.6. The summed E-state index contributed by atoms with van der Waals surface area (Å²) in [6, 6.07) is 16.2. The van der Waals surface area contributed by atoms with Gasteiger partial charge in [0, 0.05) is 10.7 Å². The minimum Gasteiger partial charge on any atom is -0.324 e. The van der Waals surface area contributed by atoms with Crippen molar-refractivity contribution < 1.29 is 21.6 Å². The Morgan fingerprint density at radius 2 is 1.57 bits per heavy atom. The summed E-state index contributed by atoms with van der Waals surface area (Å²) in [5, 5.41) is 3.05. The van der Waals surface area contributed by atoms with Crippen molar-refractivity contribution in [3.05, 3.63) is 82.9 Å². The molecule has 3 rings (SSSR count). The van der Waals surface area contributed by atoms with E-state index in [4.69, 9.17) is 11.6 Å². The van der Waals surface area contributed by atoms with E-state index in [1.165, 1.54) is 37.3 Å². The monoisotopic (exact) mass is 535 g/mol. The molecular weight excluding hydrogens is 510 g/mol. The molecule has 2 N–H and O–H groups in total. The fourth-order valence-electron chi connectivity index (χ4n) is 3.47. The molecule has 0 aromatic heterocycles. The molecule has 0 saturated carbocycles. The SMILES string of the molecule is Cc1ccc(C)c(N([C@H](C)C(=O)Nc2ccc(S(=O)(=O)Nc3cccc(Cl)c3)cc2)S(C)(=O)=O)c1. The van der Waals surface area contributed by atoms with Crippen LogP contribution in [0.3, 0.4) is 0 Å². The standard InChI is InChI=1S/C24H26ClN3O5S2/c1-16-8-9-17(2)23(14-16)28(34(4,30)31)18(3)24(29)26-20-10-12-22(13-11-20)35(32,33)27-21-7-5-6-19(25)15-21/h5-15,18,27H,1-4H3,(H,26,29)/t18-/m1/s1. The van der Waals surface area contributed by atoms with Gasteiger partial charge in [0.05, 0.1) is 22.5 Å². The van der Waals surface area contributed by atoms with Gasteiger partial charge in [0.15, 0.2) is 0 Å². The summed E-state index contributed by atoms with van der Waals surface area (Å²) in [5.41, 5.74) is 2.62. The number of aryl methyl sites for hydroxylation is 2. The molecule has 11 heteroatoms. The highest BCUT2D eigenvalue weighted by Crippen LogP contribution is 2.27. The molecule has 0 saturated heterocycles. The molecule has 0 unspecified atom stereocenters. The summed E-state index contributed by atoms with van der Waals surface area (Å²) >= 11 is 5.90. The maximum absolute atomic E-state index is 13.0. The molecule has 35 heavy (non-hydrogen) atoms. The number of sulfonamides is 2. The molecular formula is C24H26ClN3O5S2. The van der Waals surface area contributed by atoms with Crippen LogP contribution in [-0.4, -0.2) is 35.0 Å². The predicted molar refractivity (Wildman–Crippen MR) is 140 cm³/mol. The molecule has 0 bridgehead atoms. The smallest absolute Gasteiger partial charge is 0.261 e. The van der Waals surface area contributed by atoms with Gasteiger partial charge in [-0.3, -0.25) is 13.8 Å². The number of carbonyl (C=O) groups is 1. The second-order valence-corrected chi connectivity index (χ2v) is 12.1. The van der Waals surface area contributed by atoms with Crippen LogP contribution in [0.2, 0.25) is 5.02 Å². The first-order valence-corrected chi connectivity index (χ1v) is 14.2. The summed E-state index contributed by atoms with van der Waals surface area (Å²) in [4.78, 5) is 12.9. The molecule has 186 valence electrons. The Hall–Kier alpha value is -3.08. The average Bonchev–Trinajstić information content (AvgIpc) is 2.75. The van der Waals surface area contributed by atoms with E-state index in [0.717, 1.165) is 16.1 Å². The minimum absolute atomic E-state index is 0.0170. The first-order valence-electron chi connectivity index (χ1n) is 10.5. The van der Waals surface area contributed by atoms with Crippen LogP contribution < -0.4 is 14.3 Å². The van der Waals surface area contributed by atoms with E-state index >= 15 is 0 Å². The number of hydrogen-bond donors (Lipinski definition) is 2. The van der Waals surface area contributed by atoms with Gasteiger partial charge in [0.25, 0.3) is 10.0 Å².